The van der Waals surface area contributed by atoms with Crippen molar-refractivity contribution in [3.8, 4) is 0 Å². The molecule has 6 nitrogen and oxygen atoms in total. The van der Waals surface area contributed by atoms with Crippen molar-refractivity contribution in [1.29, 1.82) is 0 Å². The highest BCUT2D eigenvalue weighted by Gasteiger charge is 2.28. The van der Waals surface area contributed by atoms with Crippen molar-refractivity contribution in [2.45, 2.75) is 40.9 Å². The highest BCUT2D eigenvalue weighted by molar-refractivity contribution is 7.99. The van der Waals surface area contributed by atoms with Crippen molar-refractivity contribution in [3.05, 3.63) is 58.1 Å². The lowest BCUT2D eigenvalue weighted by molar-refractivity contribution is -0.388. The van der Waals surface area contributed by atoms with Crippen LogP contribution in [-0.4, -0.2) is 30.7 Å². The van der Waals surface area contributed by atoms with Crippen molar-refractivity contribution in [2.75, 3.05) is 13.1 Å². The van der Waals surface area contributed by atoms with Crippen LogP contribution in [0, 0.1) is 17.0 Å². The topological polar surface area (TPSA) is 80.5 Å². The standard InChI is InChI=1S/C18H20N2O4S2/c1-14-5-7-15(8-6-14)25-18-10-9-16(13-17(18)20(21)22)26(23,24)19-11-3-2-4-12-19/h5-10,13H,2-4,11-12H2,1H3. The maximum absolute atomic E-state index is 12.8. The predicted molar refractivity (Wildman–Crippen MR) is 101 cm³/mol. The molecule has 0 radical (unpaired) electrons. The zero-order valence-corrected chi connectivity index (χ0v) is 16.1. The Labute approximate surface area is 157 Å². The molecule has 0 aliphatic carbocycles. The second kappa shape index (κ2) is 7.77. The molecule has 3 rings (SSSR count). The van der Waals surface area contributed by atoms with Gasteiger partial charge in [-0.2, -0.15) is 4.31 Å². The predicted octanol–water partition coefficient (Wildman–Crippen LogP) is 4.23. The zero-order valence-electron chi connectivity index (χ0n) is 14.4. The summed E-state index contributed by atoms with van der Waals surface area (Å²) in [5, 5.41) is 11.5. The molecule has 1 heterocycles. The SMILES string of the molecule is Cc1ccc(Sc2ccc(S(=O)(=O)N3CCCCC3)cc2[N+](=O)[O-])cc1. The highest BCUT2D eigenvalue weighted by atomic mass is 32.2. The maximum Gasteiger partial charge on any atom is 0.284 e. The van der Waals surface area contributed by atoms with Gasteiger partial charge in [-0.15, -0.1) is 0 Å². The van der Waals surface area contributed by atoms with E-state index in [0.717, 1.165) is 29.7 Å². The summed E-state index contributed by atoms with van der Waals surface area (Å²) >= 11 is 1.26. The molecule has 0 amide bonds. The first kappa shape index (κ1) is 18.9. The molecular formula is C18H20N2O4S2. The number of nitrogens with zero attached hydrogens (tertiary/aromatic N) is 2. The number of piperidine rings is 1. The van der Waals surface area contributed by atoms with Crippen molar-refractivity contribution in [2.24, 2.45) is 0 Å². The molecule has 0 saturated carbocycles. The second-order valence-corrected chi connectivity index (χ2v) is 9.32. The van der Waals surface area contributed by atoms with E-state index in [1.54, 1.807) is 0 Å². The minimum absolute atomic E-state index is 0.0145. The van der Waals surface area contributed by atoms with E-state index < -0.39 is 14.9 Å². The average Bonchev–Trinajstić information content (AvgIpc) is 2.64. The van der Waals surface area contributed by atoms with Crippen molar-refractivity contribution >= 4 is 27.5 Å². The van der Waals surface area contributed by atoms with Crippen LogP contribution in [0.3, 0.4) is 0 Å². The molecule has 26 heavy (non-hydrogen) atoms. The summed E-state index contributed by atoms with van der Waals surface area (Å²) in [6.45, 7) is 2.91. The number of hydrogen-bond acceptors (Lipinski definition) is 5. The summed E-state index contributed by atoms with van der Waals surface area (Å²) in [4.78, 5) is 12.3. The average molecular weight is 393 g/mol. The summed E-state index contributed by atoms with van der Waals surface area (Å²) in [7, 11) is -3.69. The van der Waals surface area contributed by atoms with Crippen LogP contribution in [0.2, 0.25) is 0 Å². The molecule has 0 bridgehead atoms. The zero-order chi connectivity index (χ0) is 18.7. The van der Waals surface area contributed by atoms with Gasteiger partial charge in [-0.3, -0.25) is 10.1 Å². The summed E-state index contributed by atoms with van der Waals surface area (Å²) in [5.41, 5.74) is 0.917. The van der Waals surface area contributed by atoms with E-state index in [0.29, 0.717) is 18.0 Å². The molecule has 0 unspecified atom stereocenters. The van der Waals surface area contributed by atoms with E-state index in [-0.39, 0.29) is 10.6 Å². The van der Waals surface area contributed by atoms with Gasteiger partial charge in [0.05, 0.1) is 14.7 Å². The summed E-state index contributed by atoms with van der Waals surface area (Å²) < 4.78 is 27.0. The van der Waals surface area contributed by atoms with Gasteiger partial charge in [-0.25, -0.2) is 8.42 Å². The van der Waals surface area contributed by atoms with E-state index in [1.165, 1.54) is 34.3 Å². The summed E-state index contributed by atoms with van der Waals surface area (Å²) in [5.74, 6) is 0. The number of sulfonamides is 1. The molecule has 0 spiro atoms. The largest absolute Gasteiger partial charge is 0.284 e. The fraction of sp³-hybridized carbons (Fsp3) is 0.333. The van der Waals surface area contributed by atoms with Crippen LogP contribution in [0.15, 0.2) is 57.2 Å². The Morgan fingerprint density at radius 1 is 1.04 bits per heavy atom. The van der Waals surface area contributed by atoms with Gasteiger partial charge in [0.1, 0.15) is 0 Å². The van der Waals surface area contributed by atoms with Crippen LogP contribution < -0.4 is 0 Å². The van der Waals surface area contributed by atoms with Crippen molar-refractivity contribution < 1.29 is 13.3 Å². The third kappa shape index (κ3) is 4.08. The minimum Gasteiger partial charge on any atom is -0.258 e. The van der Waals surface area contributed by atoms with Gasteiger partial charge in [0.2, 0.25) is 10.0 Å². The van der Waals surface area contributed by atoms with E-state index in [4.69, 9.17) is 0 Å². The van der Waals surface area contributed by atoms with Crippen LogP contribution in [-0.2, 0) is 10.0 Å². The number of rotatable bonds is 5. The number of benzene rings is 2. The Balaban J connectivity index is 1.93. The molecule has 138 valence electrons. The molecule has 1 aliphatic rings. The first-order valence-electron chi connectivity index (χ1n) is 8.41. The molecule has 1 fully saturated rings. The summed E-state index contributed by atoms with van der Waals surface area (Å²) in [6, 6.07) is 11.8. The molecule has 8 heteroatoms. The second-order valence-electron chi connectivity index (χ2n) is 6.27. The van der Waals surface area contributed by atoms with Crippen molar-refractivity contribution in [3.63, 3.8) is 0 Å². The third-order valence-electron chi connectivity index (χ3n) is 4.33. The Morgan fingerprint density at radius 2 is 1.69 bits per heavy atom. The Morgan fingerprint density at radius 3 is 2.31 bits per heavy atom. The fourth-order valence-electron chi connectivity index (χ4n) is 2.87. The highest BCUT2D eigenvalue weighted by Crippen LogP contribution is 2.37. The van der Waals surface area contributed by atoms with Gasteiger partial charge in [-0.1, -0.05) is 35.9 Å². The number of aryl methyl sites for hydroxylation is 1. The molecule has 0 N–H and O–H groups in total. The van der Waals surface area contributed by atoms with E-state index in [2.05, 4.69) is 0 Å². The minimum atomic E-state index is -3.69. The van der Waals surface area contributed by atoms with Crippen LogP contribution in [0.1, 0.15) is 24.8 Å². The van der Waals surface area contributed by atoms with Gasteiger partial charge in [0.25, 0.3) is 5.69 Å². The van der Waals surface area contributed by atoms with Crippen LogP contribution in [0.25, 0.3) is 0 Å². The van der Waals surface area contributed by atoms with E-state index >= 15 is 0 Å². The quantitative estimate of drug-likeness (QED) is 0.562. The smallest absolute Gasteiger partial charge is 0.258 e. The van der Waals surface area contributed by atoms with E-state index in [1.807, 2.05) is 31.2 Å². The van der Waals surface area contributed by atoms with Gasteiger partial charge in [-0.05, 0) is 44.0 Å². The van der Waals surface area contributed by atoms with Crippen LogP contribution in [0.5, 0.6) is 0 Å². The first-order chi connectivity index (χ1) is 12.4. The number of hydrogen-bond donors (Lipinski definition) is 0. The molecule has 1 saturated heterocycles. The first-order valence-corrected chi connectivity index (χ1v) is 10.7. The Bertz CT molecular complexity index is 905. The number of nitro benzene ring substituents is 1. The third-order valence-corrected chi connectivity index (χ3v) is 7.30. The monoisotopic (exact) mass is 392 g/mol. The van der Waals surface area contributed by atoms with Gasteiger partial charge in [0.15, 0.2) is 0 Å². The lowest BCUT2D eigenvalue weighted by atomic mass is 10.2. The molecule has 0 aromatic heterocycles. The van der Waals surface area contributed by atoms with Gasteiger partial charge >= 0.3 is 0 Å². The summed E-state index contributed by atoms with van der Waals surface area (Å²) in [6.07, 6.45) is 2.66. The Hall–Kier alpha value is -1.90. The molecule has 0 atom stereocenters. The number of nitro groups is 1. The molecule has 1 aliphatic heterocycles. The maximum atomic E-state index is 12.8. The molecule has 2 aromatic carbocycles. The van der Waals surface area contributed by atoms with Gasteiger partial charge < -0.3 is 0 Å². The van der Waals surface area contributed by atoms with Crippen LogP contribution >= 0.6 is 11.8 Å². The molecule has 2 aromatic rings. The lowest BCUT2D eigenvalue weighted by Crippen LogP contribution is -2.35. The van der Waals surface area contributed by atoms with Gasteiger partial charge in [0, 0.05) is 24.1 Å². The fourth-order valence-corrected chi connectivity index (χ4v) is 5.31. The lowest BCUT2D eigenvalue weighted by Gasteiger charge is -2.25. The van der Waals surface area contributed by atoms with Crippen molar-refractivity contribution in [1.82, 2.24) is 4.31 Å². The Kier molecular flexibility index (Phi) is 5.64. The normalized spacial score (nSPS) is 15.7. The van der Waals surface area contributed by atoms with E-state index in [9.17, 15) is 18.5 Å². The van der Waals surface area contributed by atoms with Crippen LogP contribution in [0.4, 0.5) is 5.69 Å². The molecular weight excluding hydrogens is 372 g/mol.